The van der Waals surface area contributed by atoms with E-state index in [1.807, 2.05) is 31.2 Å². The number of hydrogen-bond donors (Lipinski definition) is 0. The van der Waals surface area contributed by atoms with Crippen LogP contribution >= 0.6 is 34.7 Å². The van der Waals surface area contributed by atoms with E-state index in [1.54, 1.807) is 34.5 Å². The highest BCUT2D eigenvalue weighted by Gasteiger charge is 2.14. The van der Waals surface area contributed by atoms with Crippen LogP contribution < -0.4 is 4.80 Å². The van der Waals surface area contributed by atoms with Gasteiger partial charge < -0.3 is 9.30 Å². The van der Waals surface area contributed by atoms with E-state index in [9.17, 15) is 9.59 Å². The van der Waals surface area contributed by atoms with E-state index in [0.717, 1.165) is 20.9 Å². The van der Waals surface area contributed by atoms with Crippen LogP contribution in [0.3, 0.4) is 0 Å². The van der Waals surface area contributed by atoms with Gasteiger partial charge in [-0.2, -0.15) is 4.99 Å². The summed E-state index contributed by atoms with van der Waals surface area (Å²) in [5.74, 6) is 0.0944. The van der Waals surface area contributed by atoms with Crippen molar-refractivity contribution in [3.8, 4) is 0 Å². The summed E-state index contributed by atoms with van der Waals surface area (Å²) in [5.41, 5.74) is 1.32. The molecule has 0 aliphatic heterocycles. The van der Waals surface area contributed by atoms with Crippen molar-refractivity contribution in [2.75, 3.05) is 12.9 Å². The molecule has 1 amide bonds. The zero-order chi connectivity index (χ0) is 19.4. The van der Waals surface area contributed by atoms with Gasteiger partial charge in [0.05, 0.1) is 22.9 Å². The van der Waals surface area contributed by atoms with E-state index in [4.69, 9.17) is 16.3 Å². The van der Waals surface area contributed by atoms with E-state index < -0.39 is 5.97 Å². The van der Waals surface area contributed by atoms with Gasteiger partial charge in [0.1, 0.15) is 6.54 Å². The quantitative estimate of drug-likeness (QED) is 0.454. The third-order valence-corrected chi connectivity index (χ3v) is 6.01. The number of methoxy groups -OCH3 is 1. The van der Waals surface area contributed by atoms with Gasteiger partial charge in [0.25, 0.3) is 5.91 Å². The number of benzene rings is 2. The normalized spacial score (nSPS) is 11.7. The fraction of sp³-hybridized carbons (Fsp3) is 0.211. The van der Waals surface area contributed by atoms with E-state index in [0.29, 0.717) is 15.4 Å². The van der Waals surface area contributed by atoms with Gasteiger partial charge >= 0.3 is 5.97 Å². The molecule has 0 aliphatic rings. The number of hydrogen-bond acceptors (Lipinski definition) is 5. The second kappa shape index (κ2) is 8.73. The highest BCUT2D eigenvalue weighted by atomic mass is 35.5. The summed E-state index contributed by atoms with van der Waals surface area (Å²) >= 11 is 8.98. The molecule has 2 aromatic carbocycles. The van der Waals surface area contributed by atoms with Crippen LogP contribution in [0.25, 0.3) is 10.2 Å². The summed E-state index contributed by atoms with van der Waals surface area (Å²) in [6, 6.07) is 12.7. The lowest BCUT2D eigenvalue weighted by atomic mass is 10.2. The molecular weight excluding hydrogens is 404 g/mol. The summed E-state index contributed by atoms with van der Waals surface area (Å²) < 4.78 is 7.30. The molecule has 3 aromatic rings. The van der Waals surface area contributed by atoms with Crippen LogP contribution in [0.1, 0.15) is 17.3 Å². The molecule has 0 saturated heterocycles. The maximum absolute atomic E-state index is 12.8. The minimum Gasteiger partial charge on any atom is -0.468 e. The lowest BCUT2D eigenvalue weighted by Crippen LogP contribution is -2.22. The Bertz CT molecular complexity index is 1070. The van der Waals surface area contributed by atoms with Gasteiger partial charge in [0.15, 0.2) is 4.80 Å². The van der Waals surface area contributed by atoms with Crippen LogP contribution in [0.5, 0.6) is 0 Å². The number of thiazole rings is 1. The van der Waals surface area contributed by atoms with Crippen molar-refractivity contribution >= 4 is 56.8 Å². The Morgan fingerprint density at radius 2 is 2.04 bits per heavy atom. The molecule has 3 rings (SSSR count). The predicted octanol–water partition coefficient (Wildman–Crippen LogP) is 4.38. The van der Waals surface area contributed by atoms with Crippen LogP contribution in [-0.4, -0.2) is 29.3 Å². The first-order valence-corrected chi connectivity index (χ1v) is 10.4. The van der Waals surface area contributed by atoms with Crippen molar-refractivity contribution in [1.82, 2.24) is 4.57 Å². The van der Waals surface area contributed by atoms with Crippen LogP contribution in [0.4, 0.5) is 0 Å². The molecule has 0 radical (unpaired) electrons. The Kier molecular flexibility index (Phi) is 6.36. The third-order valence-electron chi connectivity index (χ3n) is 3.77. The van der Waals surface area contributed by atoms with Crippen LogP contribution in [0.2, 0.25) is 5.02 Å². The molecular formula is C19H17ClN2O3S2. The lowest BCUT2D eigenvalue weighted by Gasteiger charge is -2.05. The molecule has 0 aliphatic carbocycles. The van der Waals surface area contributed by atoms with E-state index in [2.05, 4.69) is 4.99 Å². The standard InChI is InChI=1S/C19H17ClN2O3S2/c1-3-26-15-7-5-4-6-13(15)18(24)21-19-22(11-17(23)25-2)14-9-8-12(20)10-16(14)27-19/h4-10H,3,11H2,1-2H3. The third kappa shape index (κ3) is 4.43. The predicted molar refractivity (Wildman–Crippen MR) is 110 cm³/mol. The number of aromatic nitrogens is 1. The Labute approximate surface area is 169 Å². The second-order valence-electron chi connectivity index (χ2n) is 5.51. The minimum absolute atomic E-state index is 0.0321. The molecule has 0 fully saturated rings. The number of fused-ring (bicyclic) bond motifs is 1. The molecule has 1 heterocycles. The summed E-state index contributed by atoms with van der Waals surface area (Å²) in [4.78, 5) is 30.3. The largest absolute Gasteiger partial charge is 0.468 e. The number of rotatable bonds is 5. The summed E-state index contributed by atoms with van der Waals surface area (Å²) in [6.45, 7) is 2.00. The second-order valence-corrected chi connectivity index (χ2v) is 8.26. The minimum atomic E-state index is -0.416. The van der Waals surface area contributed by atoms with Crippen molar-refractivity contribution < 1.29 is 14.3 Å². The van der Waals surface area contributed by atoms with Crippen molar-refractivity contribution in [2.45, 2.75) is 18.4 Å². The average Bonchev–Trinajstić information content (AvgIpc) is 2.98. The van der Waals surface area contributed by atoms with Crippen LogP contribution in [0.15, 0.2) is 52.4 Å². The number of carbonyl (C=O) groups is 2. The monoisotopic (exact) mass is 420 g/mol. The van der Waals surface area contributed by atoms with Gasteiger partial charge in [-0.25, -0.2) is 0 Å². The molecule has 8 heteroatoms. The Morgan fingerprint density at radius 1 is 1.26 bits per heavy atom. The molecule has 5 nitrogen and oxygen atoms in total. The van der Waals surface area contributed by atoms with Gasteiger partial charge in [-0.05, 0) is 36.1 Å². The SMILES string of the molecule is CCSc1ccccc1C(=O)N=c1sc2cc(Cl)ccc2n1CC(=O)OC. The fourth-order valence-corrected chi connectivity index (χ4v) is 4.65. The Morgan fingerprint density at radius 3 is 2.78 bits per heavy atom. The maximum Gasteiger partial charge on any atom is 0.325 e. The number of thioether (sulfide) groups is 1. The first-order valence-electron chi connectivity index (χ1n) is 8.20. The fourth-order valence-electron chi connectivity index (χ4n) is 2.55. The molecule has 27 heavy (non-hydrogen) atoms. The Hall–Kier alpha value is -2.09. The van der Waals surface area contributed by atoms with E-state index >= 15 is 0 Å². The summed E-state index contributed by atoms with van der Waals surface area (Å²) in [6.07, 6.45) is 0. The zero-order valence-corrected chi connectivity index (χ0v) is 17.2. The number of ether oxygens (including phenoxy) is 1. The summed E-state index contributed by atoms with van der Waals surface area (Å²) in [7, 11) is 1.33. The highest BCUT2D eigenvalue weighted by Crippen LogP contribution is 2.24. The molecule has 0 saturated carbocycles. The van der Waals surface area contributed by atoms with Crippen molar-refractivity contribution in [3.63, 3.8) is 0 Å². The molecule has 0 spiro atoms. The van der Waals surface area contributed by atoms with Gasteiger partial charge in [0.2, 0.25) is 0 Å². The average molecular weight is 421 g/mol. The number of halogens is 1. The molecule has 0 bridgehead atoms. The highest BCUT2D eigenvalue weighted by molar-refractivity contribution is 7.99. The van der Waals surface area contributed by atoms with Crippen molar-refractivity contribution in [2.24, 2.45) is 4.99 Å². The maximum atomic E-state index is 12.8. The van der Waals surface area contributed by atoms with Gasteiger partial charge in [-0.1, -0.05) is 42.0 Å². The van der Waals surface area contributed by atoms with Crippen molar-refractivity contribution in [3.05, 3.63) is 57.9 Å². The summed E-state index contributed by atoms with van der Waals surface area (Å²) in [5, 5.41) is 0.580. The number of carbonyl (C=O) groups excluding carboxylic acids is 2. The first-order chi connectivity index (χ1) is 13.0. The topological polar surface area (TPSA) is 60.7 Å². The molecule has 0 atom stereocenters. The van der Waals surface area contributed by atoms with Gasteiger partial charge in [-0.15, -0.1) is 11.8 Å². The lowest BCUT2D eigenvalue weighted by molar-refractivity contribution is -0.141. The number of amides is 1. The van der Waals surface area contributed by atoms with Crippen LogP contribution in [0, 0.1) is 0 Å². The number of nitrogens with zero attached hydrogens (tertiary/aromatic N) is 2. The number of esters is 1. The molecule has 0 unspecified atom stereocenters. The molecule has 0 N–H and O–H groups in total. The van der Waals surface area contributed by atoms with E-state index in [1.165, 1.54) is 18.4 Å². The van der Waals surface area contributed by atoms with Crippen LogP contribution in [-0.2, 0) is 16.1 Å². The first kappa shape index (κ1) is 19.7. The Balaban J connectivity index is 2.13. The van der Waals surface area contributed by atoms with E-state index in [-0.39, 0.29) is 12.5 Å². The molecule has 1 aromatic heterocycles. The van der Waals surface area contributed by atoms with Crippen molar-refractivity contribution in [1.29, 1.82) is 0 Å². The van der Waals surface area contributed by atoms with Gasteiger partial charge in [0, 0.05) is 9.92 Å². The molecule has 140 valence electrons. The zero-order valence-electron chi connectivity index (χ0n) is 14.8. The smallest absolute Gasteiger partial charge is 0.325 e. The van der Waals surface area contributed by atoms with Gasteiger partial charge in [-0.3, -0.25) is 9.59 Å².